The van der Waals surface area contributed by atoms with E-state index >= 15 is 0 Å². The lowest BCUT2D eigenvalue weighted by Crippen LogP contribution is -2.64. The predicted octanol–water partition coefficient (Wildman–Crippen LogP) is 1.61. The fourth-order valence-electron chi connectivity index (χ4n) is 4.18. The largest absolute Gasteiger partial charge is 0.350 e. The first-order valence-corrected chi connectivity index (χ1v) is 10.6. The molecule has 2 aromatic rings. The second kappa shape index (κ2) is 7.18. The van der Waals surface area contributed by atoms with E-state index in [0.717, 1.165) is 31.2 Å². The van der Waals surface area contributed by atoms with Crippen LogP contribution in [0.5, 0.6) is 0 Å². The Labute approximate surface area is 178 Å². The van der Waals surface area contributed by atoms with Crippen molar-refractivity contribution in [3.8, 4) is 0 Å². The highest BCUT2D eigenvalue weighted by Crippen LogP contribution is 2.39. The van der Waals surface area contributed by atoms with Crippen LogP contribution in [0.25, 0.3) is 0 Å². The maximum absolute atomic E-state index is 13.5. The van der Waals surface area contributed by atoms with Gasteiger partial charge in [0, 0.05) is 18.6 Å². The fourth-order valence-corrected chi connectivity index (χ4v) is 4.18. The zero-order valence-electron chi connectivity index (χ0n) is 17.2. The molecule has 8 nitrogen and oxygen atoms in total. The van der Waals surface area contributed by atoms with Crippen molar-refractivity contribution >= 4 is 17.7 Å². The second-order valence-electron chi connectivity index (χ2n) is 8.81. The molecular weight excluding hydrogens is 401 g/mol. The van der Waals surface area contributed by atoms with Crippen molar-refractivity contribution in [3.63, 3.8) is 0 Å². The number of halogens is 1. The van der Waals surface area contributed by atoms with Crippen LogP contribution in [0.3, 0.4) is 0 Å². The van der Waals surface area contributed by atoms with Gasteiger partial charge in [0.25, 0.3) is 11.8 Å². The van der Waals surface area contributed by atoms with Crippen LogP contribution < -0.4 is 10.6 Å². The van der Waals surface area contributed by atoms with Gasteiger partial charge in [0.2, 0.25) is 5.91 Å². The number of rotatable bonds is 6. The average Bonchev–Trinajstić information content (AvgIpc) is 3.67. The molecule has 9 heteroatoms. The van der Waals surface area contributed by atoms with E-state index in [1.807, 2.05) is 0 Å². The number of carbonyl (C=O) groups is 3. The molecule has 0 radical (unpaired) electrons. The van der Waals surface area contributed by atoms with Gasteiger partial charge in [-0.05, 0) is 50.3 Å². The smallest absolute Gasteiger partial charge is 0.274 e. The van der Waals surface area contributed by atoms with Crippen LogP contribution in [0.1, 0.15) is 59.1 Å². The summed E-state index contributed by atoms with van der Waals surface area (Å²) in [7, 11) is 0. The first-order chi connectivity index (χ1) is 14.9. The number of fused-ring (bicyclic) bond motifs is 1. The highest BCUT2D eigenvalue weighted by Gasteiger charge is 2.53. The molecule has 5 rings (SSSR count). The number of amides is 3. The summed E-state index contributed by atoms with van der Waals surface area (Å²) in [5.74, 6) is -1.31. The molecule has 1 aromatic carbocycles. The van der Waals surface area contributed by atoms with E-state index in [1.54, 1.807) is 28.5 Å². The van der Waals surface area contributed by atoms with Crippen molar-refractivity contribution in [2.24, 2.45) is 0 Å². The summed E-state index contributed by atoms with van der Waals surface area (Å²) >= 11 is 0. The molecule has 2 N–H and O–H groups in total. The van der Waals surface area contributed by atoms with Gasteiger partial charge in [-0.3, -0.25) is 14.4 Å². The highest BCUT2D eigenvalue weighted by molar-refractivity contribution is 6.07. The molecule has 0 unspecified atom stereocenters. The maximum atomic E-state index is 13.5. The molecule has 1 aromatic heterocycles. The van der Waals surface area contributed by atoms with Gasteiger partial charge >= 0.3 is 0 Å². The zero-order chi connectivity index (χ0) is 21.8. The van der Waals surface area contributed by atoms with Crippen molar-refractivity contribution in [3.05, 3.63) is 53.4 Å². The Morgan fingerprint density at radius 2 is 1.90 bits per heavy atom. The fraction of sp³-hybridized carbons (Fsp3) is 0.455. The Bertz CT molecular complexity index is 1060. The number of carbonyl (C=O) groups excluding carboxylic acids is 3. The van der Waals surface area contributed by atoms with E-state index in [2.05, 4.69) is 15.6 Å². The summed E-state index contributed by atoms with van der Waals surface area (Å²) in [5.41, 5.74) is 0.0157. The summed E-state index contributed by atoms with van der Waals surface area (Å²) in [6, 6.07) is 6.04. The zero-order valence-corrected chi connectivity index (χ0v) is 17.2. The Balaban J connectivity index is 1.40. The molecule has 1 aliphatic heterocycles. The third-order valence-electron chi connectivity index (χ3n) is 6.16. The van der Waals surface area contributed by atoms with Crippen LogP contribution in [0.15, 0.2) is 30.6 Å². The van der Waals surface area contributed by atoms with Gasteiger partial charge in [0.1, 0.15) is 17.1 Å². The number of nitrogens with one attached hydrogen (secondary N) is 2. The number of nitrogens with zero attached hydrogens (tertiary/aromatic N) is 3. The van der Waals surface area contributed by atoms with Gasteiger partial charge in [-0.1, -0.05) is 12.1 Å². The Hall–Kier alpha value is -3.23. The van der Waals surface area contributed by atoms with Crippen molar-refractivity contribution in [1.82, 2.24) is 25.1 Å². The third kappa shape index (κ3) is 3.58. The summed E-state index contributed by atoms with van der Waals surface area (Å²) < 4.78 is 14.7. The quantitative estimate of drug-likeness (QED) is 0.735. The number of aromatic nitrogens is 2. The minimum atomic E-state index is -1.11. The van der Waals surface area contributed by atoms with Crippen LogP contribution in [-0.4, -0.2) is 49.8 Å². The lowest BCUT2D eigenvalue weighted by Gasteiger charge is -2.44. The summed E-state index contributed by atoms with van der Waals surface area (Å²) in [6.07, 6.45) is 4.99. The van der Waals surface area contributed by atoms with Crippen LogP contribution >= 0.6 is 0 Å². The molecule has 3 amide bonds. The second-order valence-corrected chi connectivity index (χ2v) is 8.81. The Morgan fingerprint density at radius 1 is 1.19 bits per heavy atom. The van der Waals surface area contributed by atoms with Gasteiger partial charge in [0.15, 0.2) is 5.69 Å². The monoisotopic (exact) mass is 425 g/mol. The SMILES string of the molecule is C[C@@]1(C(=O)NCc2ccc(F)cc2)Cn2cnc(C(=O)NC3CC3)c2C(=O)N1C1CC1. The van der Waals surface area contributed by atoms with Crippen molar-refractivity contribution in [1.29, 1.82) is 0 Å². The highest BCUT2D eigenvalue weighted by atomic mass is 19.1. The van der Waals surface area contributed by atoms with Crippen molar-refractivity contribution in [2.75, 3.05) is 0 Å². The minimum Gasteiger partial charge on any atom is -0.350 e. The van der Waals surface area contributed by atoms with Crippen LogP contribution in [0.4, 0.5) is 4.39 Å². The topological polar surface area (TPSA) is 96.3 Å². The van der Waals surface area contributed by atoms with E-state index in [4.69, 9.17) is 0 Å². The third-order valence-corrected chi connectivity index (χ3v) is 6.16. The van der Waals surface area contributed by atoms with E-state index < -0.39 is 5.54 Å². The van der Waals surface area contributed by atoms with E-state index in [-0.39, 0.29) is 60.1 Å². The number of imidazole rings is 1. The van der Waals surface area contributed by atoms with Gasteiger partial charge in [-0.25, -0.2) is 9.37 Å². The summed E-state index contributed by atoms with van der Waals surface area (Å²) in [6.45, 7) is 2.19. The molecule has 0 spiro atoms. The van der Waals surface area contributed by atoms with Gasteiger partial charge < -0.3 is 20.1 Å². The van der Waals surface area contributed by atoms with Gasteiger partial charge in [0.05, 0.1) is 12.9 Å². The molecule has 0 bridgehead atoms. The predicted molar refractivity (Wildman–Crippen MR) is 109 cm³/mol. The molecule has 31 heavy (non-hydrogen) atoms. The molecule has 2 aliphatic carbocycles. The van der Waals surface area contributed by atoms with Crippen LogP contribution in [0, 0.1) is 5.82 Å². The molecule has 1 atom stereocenters. The first kappa shape index (κ1) is 19.7. The van der Waals surface area contributed by atoms with E-state index in [9.17, 15) is 18.8 Å². The maximum Gasteiger partial charge on any atom is 0.274 e. The first-order valence-electron chi connectivity index (χ1n) is 10.6. The average molecular weight is 425 g/mol. The lowest BCUT2D eigenvalue weighted by atomic mass is 9.93. The molecule has 0 saturated heterocycles. The molecular formula is C22H24FN5O3. The number of benzene rings is 1. The number of hydrogen-bond donors (Lipinski definition) is 2. The van der Waals surface area contributed by atoms with Crippen molar-refractivity contribution < 1.29 is 18.8 Å². The molecule has 2 fully saturated rings. The lowest BCUT2D eigenvalue weighted by molar-refractivity contribution is -0.133. The Morgan fingerprint density at radius 3 is 2.55 bits per heavy atom. The van der Waals surface area contributed by atoms with Crippen molar-refractivity contribution in [2.45, 2.75) is 63.3 Å². The van der Waals surface area contributed by atoms with Gasteiger partial charge in [-0.15, -0.1) is 0 Å². The standard InChI is InChI=1S/C22H24FN5O3/c1-22(21(31)24-10-13-2-4-14(23)5-3-13)11-27-12-25-17(19(29)26-15-6-7-15)18(27)20(30)28(22)16-8-9-16/h2-5,12,15-16H,6-11H2,1H3,(H,24,31)(H,26,29)/t22-/m0/s1. The molecule has 3 aliphatic rings. The van der Waals surface area contributed by atoms with Crippen LogP contribution in [0.2, 0.25) is 0 Å². The van der Waals surface area contributed by atoms with Crippen LogP contribution in [-0.2, 0) is 17.9 Å². The van der Waals surface area contributed by atoms with E-state index in [1.165, 1.54) is 18.5 Å². The summed E-state index contributed by atoms with van der Waals surface area (Å²) in [5, 5.41) is 5.77. The van der Waals surface area contributed by atoms with E-state index in [0.29, 0.717) is 0 Å². The minimum absolute atomic E-state index is 0.0305. The molecule has 2 saturated carbocycles. The Kier molecular flexibility index (Phi) is 4.56. The summed E-state index contributed by atoms with van der Waals surface area (Å²) in [4.78, 5) is 45.2. The molecule has 162 valence electrons. The normalized spacial score (nSPS) is 22.8. The number of hydrogen-bond acceptors (Lipinski definition) is 4. The van der Waals surface area contributed by atoms with Gasteiger partial charge in [-0.2, -0.15) is 0 Å². The molecule has 2 heterocycles.